The maximum atomic E-state index is 12.0. The number of hydrogen-bond donors (Lipinski definition) is 2. The standard InChI is InChI=1S/C14H16BrN3OS/c1-14(8-16,9-2-3-9)18-13(19)7-20-12-5-4-10(17)6-11(12)15/h4-6,9H,2-3,7,17H2,1H3,(H,18,19). The highest BCUT2D eigenvalue weighted by Crippen LogP contribution is 2.39. The summed E-state index contributed by atoms with van der Waals surface area (Å²) in [5.74, 6) is 0.464. The molecule has 4 nitrogen and oxygen atoms in total. The first-order valence-corrected chi connectivity index (χ1v) is 8.12. The molecule has 6 heteroatoms. The third-order valence-electron chi connectivity index (χ3n) is 3.34. The topological polar surface area (TPSA) is 78.9 Å². The molecule has 2 rings (SSSR count). The Morgan fingerprint density at radius 1 is 1.65 bits per heavy atom. The lowest BCUT2D eigenvalue weighted by atomic mass is 9.98. The molecule has 0 radical (unpaired) electrons. The number of nitrogens with one attached hydrogen (secondary N) is 1. The van der Waals surface area contributed by atoms with E-state index in [-0.39, 0.29) is 11.7 Å². The van der Waals surface area contributed by atoms with Gasteiger partial charge in [0.25, 0.3) is 0 Å². The highest BCUT2D eigenvalue weighted by molar-refractivity contribution is 9.10. The normalized spacial score (nSPS) is 17.1. The third kappa shape index (κ3) is 3.68. The molecule has 1 atom stereocenters. The quantitative estimate of drug-likeness (QED) is 0.629. The van der Waals surface area contributed by atoms with Crippen LogP contribution in [0.3, 0.4) is 0 Å². The summed E-state index contributed by atoms with van der Waals surface area (Å²) >= 11 is 4.84. The van der Waals surface area contributed by atoms with Gasteiger partial charge in [-0.3, -0.25) is 4.79 Å². The van der Waals surface area contributed by atoms with Gasteiger partial charge in [0.2, 0.25) is 5.91 Å². The molecule has 1 amide bonds. The molecule has 0 heterocycles. The summed E-state index contributed by atoms with van der Waals surface area (Å²) in [4.78, 5) is 12.9. The van der Waals surface area contributed by atoms with Crippen molar-refractivity contribution in [2.75, 3.05) is 11.5 Å². The van der Waals surface area contributed by atoms with E-state index in [0.717, 1.165) is 22.2 Å². The van der Waals surface area contributed by atoms with E-state index in [9.17, 15) is 10.1 Å². The van der Waals surface area contributed by atoms with E-state index in [1.165, 1.54) is 11.8 Å². The highest BCUT2D eigenvalue weighted by atomic mass is 79.9. The Labute approximate surface area is 131 Å². The number of rotatable bonds is 5. The van der Waals surface area contributed by atoms with Crippen molar-refractivity contribution in [2.45, 2.75) is 30.2 Å². The lowest BCUT2D eigenvalue weighted by molar-refractivity contribution is -0.119. The van der Waals surface area contributed by atoms with Gasteiger partial charge in [-0.15, -0.1) is 11.8 Å². The summed E-state index contributed by atoms with van der Waals surface area (Å²) in [6.07, 6.45) is 2.03. The first-order valence-electron chi connectivity index (χ1n) is 6.34. The van der Waals surface area contributed by atoms with Crippen LogP contribution in [0.15, 0.2) is 27.6 Å². The largest absolute Gasteiger partial charge is 0.399 e. The number of carbonyl (C=O) groups is 1. The van der Waals surface area contributed by atoms with Crippen LogP contribution in [0.1, 0.15) is 19.8 Å². The van der Waals surface area contributed by atoms with Crippen molar-refractivity contribution >= 4 is 39.3 Å². The summed E-state index contributed by atoms with van der Waals surface area (Å²) in [7, 11) is 0. The number of hydrogen-bond acceptors (Lipinski definition) is 4. The maximum absolute atomic E-state index is 12.0. The number of nitrogen functional groups attached to an aromatic ring is 1. The lowest BCUT2D eigenvalue weighted by Gasteiger charge is -2.22. The zero-order chi connectivity index (χ0) is 14.8. The molecule has 3 N–H and O–H groups in total. The van der Waals surface area contributed by atoms with Crippen molar-refractivity contribution in [3.8, 4) is 6.07 Å². The van der Waals surface area contributed by atoms with Crippen LogP contribution in [0.4, 0.5) is 5.69 Å². The fourth-order valence-corrected chi connectivity index (χ4v) is 3.44. The first-order chi connectivity index (χ1) is 9.44. The van der Waals surface area contributed by atoms with Gasteiger partial charge >= 0.3 is 0 Å². The van der Waals surface area contributed by atoms with E-state index in [0.29, 0.717) is 11.6 Å². The molecule has 0 aromatic heterocycles. The predicted octanol–water partition coefficient (Wildman–Crippen LogP) is 2.93. The van der Waals surface area contributed by atoms with Crippen LogP contribution in [0.2, 0.25) is 0 Å². The summed E-state index contributed by atoms with van der Waals surface area (Å²) in [5, 5.41) is 12.1. The van der Waals surface area contributed by atoms with Gasteiger partial charge in [0.1, 0.15) is 5.54 Å². The van der Waals surface area contributed by atoms with E-state index in [4.69, 9.17) is 5.73 Å². The molecule has 1 aromatic rings. The smallest absolute Gasteiger partial charge is 0.231 e. The van der Waals surface area contributed by atoms with Crippen LogP contribution in [0.25, 0.3) is 0 Å². The molecule has 106 valence electrons. The Morgan fingerprint density at radius 2 is 2.35 bits per heavy atom. The first kappa shape index (κ1) is 15.2. The highest BCUT2D eigenvalue weighted by Gasteiger charge is 2.42. The van der Waals surface area contributed by atoms with Crippen LogP contribution >= 0.6 is 27.7 Å². The van der Waals surface area contributed by atoms with E-state index >= 15 is 0 Å². The molecule has 1 aromatic carbocycles. The van der Waals surface area contributed by atoms with Gasteiger partial charge in [0, 0.05) is 15.1 Å². The monoisotopic (exact) mass is 353 g/mol. The Hall–Kier alpha value is -1.19. The summed E-state index contributed by atoms with van der Waals surface area (Å²) in [5.41, 5.74) is 5.62. The Balaban J connectivity index is 1.90. The number of nitrogens with two attached hydrogens (primary N) is 1. The fourth-order valence-electron chi connectivity index (χ4n) is 1.99. The number of thioether (sulfide) groups is 1. The van der Waals surface area contributed by atoms with Crippen molar-refractivity contribution in [3.63, 3.8) is 0 Å². The van der Waals surface area contributed by atoms with Crippen molar-refractivity contribution < 1.29 is 4.79 Å². The van der Waals surface area contributed by atoms with Gasteiger partial charge in [-0.25, -0.2) is 0 Å². The Bertz CT molecular complexity index is 568. The van der Waals surface area contributed by atoms with Crippen molar-refractivity contribution in [1.29, 1.82) is 5.26 Å². The average molecular weight is 354 g/mol. The molecule has 0 spiro atoms. The second kappa shape index (κ2) is 6.06. The predicted molar refractivity (Wildman–Crippen MR) is 84.2 cm³/mol. The molecular weight excluding hydrogens is 338 g/mol. The van der Waals surface area contributed by atoms with Crippen LogP contribution in [0, 0.1) is 17.2 Å². The van der Waals surface area contributed by atoms with E-state index in [1.807, 2.05) is 12.1 Å². The second-order valence-corrected chi connectivity index (χ2v) is 6.99. The SMILES string of the molecule is CC(C#N)(NC(=O)CSc1ccc(N)cc1Br)C1CC1. The number of carbonyl (C=O) groups excluding carboxylic acids is 1. The van der Waals surface area contributed by atoms with Crippen molar-refractivity contribution in [1.82, 2.24) is 5.32 Å². The summed E-state index contributed by atoms with van der Waals surface area (Å²) in [6.45, 7) is 1.80. The minimum absolute atomic E-state index is 0.116. The molecule has 1 unspecified atom stereocenters. The molecule has 1 aliphatic rings. The fraction of sp³-hybridized carbons (Fsp3) is 0.429. The van der Waals surface area contributed by atoms with E-state index in [2.05, 4.69) is 27.3 Å². The molecule has 0 saturated heterocycles. The number of halogens is 1. The molecule has 1 aliphatic carbocycles. The number of nitrogens with zero attached hydrogens (tertiary/aromatic N) is 1. The van der Waals surface area contributed by atoms with Crippen LogP contribution < -0.4 is 11.1 Å². The molecule has 1 fully saturated rings. The number of benzene rings is 1. The van der Waals surface area contributed by atoms with E-state index < -0.39 is 5.54 Å². The second-order valence-electron chi connectivity index (χ2n) is 5.12. The molecule has 0 aliphatic heterocycles. The zero-order valence-corrected chi connectivity index (χ0v) is 13.6. The number of nitriles is 1. The van der Waals surface area contributed by atoms with Gasteiger partial charge in [0.05, 0.1) is 11.8 Å². The Morgan fingerprint density at radius 3 is 2.90 bits per heavy atom. The lowest BCUT2D eigenvalue weighted by Crippen LogP contribution is -2.47. The summed E-state index contributed by atoms with van der Waals surface area (Å²) in [6, 6.07) is 7.71. The zero-order valence-electron chi connectivity index (χ0n) is 11.1. The number of amides is 1. The van der Waals surface area contributed by atoms with Crippen LogP contribution in [0.5, 0.6) is 0 Å². The van der Waals surface area contributed by atoms with Gasteiger partial charge < -0.3 is 11.1 Å². The van der Waals surface area contributed by atoms with Crippen LogP contribution in [-0.4, -0.2) is 17.2 Å². The minimum Gasteiger partial charge on any atom is -0.399 e. The molecular formula is C14H16BrN3OS. The maximum Gasteiger partial charge on any atom is 0.231 e. The van der Waals surface area contributed by atoms with Gasteiger partial charge in [-0.2, -0.15) is 5.26 Å². The number of anilines is 1. The minimum atomic E-state index is -0.726. The van der Waals surface area contributed by atoms with Crippen molar-refractivity contribution in [3.05, 3.63) is 22.7 Å². The van der Waals surface area contributed by atoms with Gasteiger partial charge in [0.15, 0.2) is 0 Å². The van der Waals surface area contributed by atoms with E-state index in [1.54, 1.807) is 13.0 Å². The van der Waals surface area contributed by atoms with Crippen LogP contribution in [-0.2, 0) is 4.79 Å². The van der Waals surface area contributed by atoms with Gasteiger partial charge in [-0.05, 0) is 59.8 Å². The van der Waals surface area contributed by atoms with Crippen molar-refractivity contribution in [2.24, 2.45) is 5.92 Å². The average Bonchev–Trinajstić information content (AvgIpc) is 3.22. The molecule has 1 saturated carbocycles. The third-order valence-corrected chi connectivity index (χ3v) is 5.33. The van der Waals surface area contributed by atoms with Gasteiger partial charge in [-0.1, -0.05) is 0 Å². The molecule has 20 heavy (non-hydrogen) atoms. The Kier molecular flexibility index (Phi) is 4.61. The molecule has 0 bridgehead atoms. The summed E-state index contributed by atoms with van der Waals surface area (Å²) < 4.78 is 0.875.